The third kappa shape index (κ3) is 6.87. The first kappa shape index (κ1) is 29.0. The second kappa shape index (κ2) is 12.2. The first-order valence-corrected chi connectivity index (χ1v) is 14.5. The van der Waals surface area contributed by atoms with Gasteiger partial charge < -0.3 is 19.8 Å². The third-order valence-electron chi connectivity index (χ3n) is 7.96. The minimum absolute atomic E-state index is 0.0365. The summed E-state index contributed by atoms with van der Waals surface area (Å²) in [5.74, 6) is 0.164. The number of piperidine rings is 1. The summed E-state index contributed by atoms with van der Waals surface area (Å²) < 4.78 is 5.54. The lowest BCUT2D eigenvalue weighted by Crippen LogP contribution is -2.42. The topological polar surface area (TPSA) is 109 Å². The Morgan fingerprint density at radius 3 is 2.17 bits per heavy atom. The lowest BCUT2D eigenvalue weighted by atomic mass is 9.86. The number of aliphatic carboxylic acids is 1. The third-order valence-corrected chi connectivity index (χ3v) is 7.96. The van der Waals surface area contributed by atoms with Crippen LogP contribution < -0.4 is 10.2 Å². The zero-order chi connectivity index (χ0) is 29.9. The highest BCUT2D eigenvalue weighted by molar-refractivity contribution is 5.96. The average molecular weight is 567 g/mol. The predicted octanol–water partition coefficient (Wildman–Crippen LogP) is 6.36. The Kier molecular flexibility index (Phi) is 8.43. The van der Waals surface area contributed by atoms with Gasteiger partial charge in [-0.05, 0) is 71.7 Å². The van der Waals surface area contributed by atoms with Crippen molar-refractivity contribution in [2.45, 2.75) is 58.4 Å². The summed E-state index contributed by atoms with van der Waals surface area (Å²) in [6.07, 6.45) is 2.57. The number of amides is 1. The SMILES string of the molecule is CC1CCN(c2ccc(-c3nc(-c4ccc(CC(NC(=O)c5ccc(C(C)(C)C)cc5)C(=O)O)cc4)no3)cc2)CC1. The van der Waals surface area contributed by atoms with Crippen LogP contribution in [-0.2, 0) is 16.6 Å². The number of anilines is 1. The number of nitrogens with zero attached hydrogens (tertiary/aromatic N) is 3. The van der Waals surface area contributed by atoms with E-state index in [1.54, 1.807) is 12.1 Å². The number of nitrogens with one attached hydrogen (secondary N) is 1. The molecule has 3 aromatic carbocycles. The Balaban J connectivity index is 1.21. The van der Waals surface area contributed by atoms with E-state index in [9.17, 15) is 14.7 Å². The molecule has 1 amide bonds. The Labute approximate surface area is 246 Å². The monoisotopic (exact) mass is 566 g/mol. The van der Waals surface area contributed by atoms with Crippen molar-refractivity contribution in [2.75, 3.05) is 18.0 Å². The van der Waals surface area contributed by atoms with Gasteiger partial charge in [0.2, 0.25) is 5.82 Å². The molecule has 2 heterocycles. The fourth-order valence-corrected chi connectivity index (χ4v) is 5.13. The molecule has 8 heteroatoms. The molecule has 1 aromatic heterocycles. The number of hydrogen-bond acceptors (Lipinski definition) is 6. The molecule has 42 heavy (non-hydrogen) atoms. The largest absolute Gasteiger partial charge is 0.480 e. The van der Waals surface area contributed by atoms with Gasteiger partial charge in [0.1, 0.15) is 6.04 Å². The van der Waals surface area contributed by atoms with E-state index in [1.165, 1.54) is 18.5 Å². The molecule has 1 aliphatic heterocycles. The highest BCUT2D eigenvalue weighted by atomic mass is 16.5. The van der Waals surface area contributed by atoms with Crippen LogP contribution in [-0.4, -0.2) is 46.3 Å². The smallest absolute Gasteiger partial charge is 0.326 e. The van der Waals surface area contributed by atoms with Crippen LogP contribution >= 0.6 is 0 Å². The second-order valence-electron chi connectivity index (χ2n) is 12.2. The summed E-state index contributed by atoms with van der Waals surface area (Å²) in [5.41, 5.74) is 5.06. The maximum atomic E-state index is 12.8. The summed E-state index contributed by atoms with van der Waals surface area (Å²) >= 11 is 0. The highest BCUT2D eigenvalue weighted by Gasteiger charge is 2.22. The number of rotatable bonds is 8. The van der Waals surface area contributed by atoms with Gasteiger partial charge in [0, 0.05) is 41.9 Å². The van der Waals surface area contributed by atoms with Crippen molar-refractivity contribution < 1.29 is 19.2 Å². The molecule has 0 spiro atoms. The van der Waals surface area contributed by atoms with Crippen molar-refractivity contribution in [2.24, 2.45) is 5.92 Å². The molecular formula is C34H38N4O4. The van der Waals surface area contributed by atoms with Crippen molar-refractivity contribution in [3.63, 3.8) is 0 Å². The number of carboxylic acid groups (broad SMARTS) is 1. The molecule has 1 atom stereocenters. The number of carboxylic acids is 1. The predicted molar refractivity (Wildman–Crippen MR) is 164 cm³/mol. The first-order valence-electron chi connectivity index (χ1n) is 14.5. The van der Waals surface area contributed by atoms with Crippen LogP contribution in [0, 0.1) is 5.92 Å². The van der Waals surface area contributed by atoms with Crippen molar-refractivity contribution in [1.29, 1.82) is 0 Å². The van der Waals surface area contributed by atoms with Gasteiger partial charge in [0.15, 0.2) is 0 Å². The quantitative estimate of drug-likeness (QED) is 0.255. The molecule has 0 aliphatic carbocycles. The van der Waals surface area contributed by atoms with Gasteiger partial charge in [-0.15, -0.1) is 0 Å². The van der Waals surface area contributed by atoms with Gasteiger partial charge in [-0.3, -0.25) is 4.79 Å². The second-order valence-corrected chi connectivity index (χ2v) is 12.2. The fourth-order valence-electron chi connectivity index (χ4n) is 5.13. The van der Waals surface area contributed by atoms with Gasteiger partial charge >= 0.3 is 5.97 Å². The van der Waals surface area contributed by atoms with Crippen LogP contribution in [0.5, 0.6) is 0 Å². The molecule has 5 rings (SSSR count). The van der Waals surface area contributed by atoms with Gasteiger partial charge in [-0.2, -0.15) is 4.98 Å². The molecule has 1 unspecified atom stereocenters. The zero-order valence-corrected chi connectivity index (χ0v) is 24.6. The Bertz CT molecular complexity index is 1510. The van der Waals surface area contributed by atoms with Crippen LogP contribution in [0.4, 0.5) is 5.69 Å². The Hall–Kier alpha value is -4.46. The van der Waals surface area contributed by atoms with E-state index in [0.29, 0.717) is 17.3 Å². The van der Waals surface area contributed by atoms with Crippen molar-refractivity contribution in [3.8, 4) is 22.8 Å². The summed E-state index contributed by atoms with van der Waals surface area (Å²) in [4.78, 5) is 31.7. The summed E-state index contributed by atoms with van der Waals surface area (Å²) in [6.45, 7) is 10.8. The Morgan fingerprint density at radius 2 is 1.57 bits per heavy atom. The lowest BCUT2D eigenvalue weighted by Gasteiger charge is -2.32. The standard InChI is InChI=1S/C34H38N4O4/c1-22-17-19-38(20-18-22)28-15-11-26(12-16-28)32-36-30(37-42-32)24-7-5-23(6-8-24)21-29(33(40)41)35-31(39)25-9-13-27(14-10-25)34(2,3)4/h5-16,22,29H,17-21H2,1-4H3,(H,35,39)(H,40,41). The van der Waals surface area contributed by atoms with Crippen molar-refractivity contribution in [3.05, 3.63) is 89.5 Å². The molecule has 1 aliphatic rings. The van der Waals surface area contributed by atoms with Crippen molar-refractivity contribution in [1.82, 2.24) is 15.5 Å². The van der Waals surface area contributed by atoms with Gasteiger partial charge in [0.05, 0.1) is 0 Å². The molecule has 4 aromatic rings. The number of carbonyl (C=O) groups excluding carboxylic acids is 1. The van der Waals surface area contributed by atoms with Gasteiger partial charge in [-0.1, -0.05) is 69.2 Å². The molecule has 0 saturated carbocycles. The molecular weight excluding hydrogens is 528 g/mol. The number of benzene rings is 3. The molecule has 1 fully saturated rings. The number of aromatic nitrogens is 2. The molecule has 0 radical (unpaired) electrons. The van der Waals surface area contributed by atoms with E-state index in [4.69, 9.17) is 4.52 Å². The Morgan fingerprint density at radius 1 is 0.952 bits per heavy atom. The van der Waals surface area contributed by atoms with E-state index in [1.807, 2.05) is 48.5 Å². The van der Waals surface area contributed by atoms with Crippen LogP contribution in [0.1, 0.15) is 62.0 Å². The molecule has 8 nitrogen and oxygen atoms in total. The fraction of sp³-hybridized carbons (Fsp3) is 0.353. The average Bonchev–Trinajstić information content (AvgIpc) is 3.48. The van der Waals surface area contributed by atoms with Crippen LogP contribution in [0.25, 0.3) is 22.8 Å². The maximum Gasteiger partial charge on any atom is 0.326 e. The summed E-state index contributed by atoms with van der Waals surface area (Å²) in [7, 11) is 0. The molecule has 2 N–H and O–H groups in total. The van der Waals surface area contributed by atoms with E-state index in [0.717, 1.165) is 41.3 Å². The van der Waals surface area contributed by atoms with Gasteiger partial charge in [-0.25, -0.2) is 4.79 Å². The van der Waals surface area contributed by atoms with Crippen LogP contribution in [0.3, 0.4) is 0 Å². The maximum absolute atomic E-state index is 12.8. The molecule has 218 valence electrons. The lowest BCUT2D eigenvalue weighted by molar-refractivity contribution is -0.139. The first-order chi connectivity index (χ1) is 20.1. The molecule has 1 saturated heterocycles. The van der Waals surface area contributed by atoms with E-state index in [-0.39, 0.29) is 11.8 Å². The van der Waals surface area contributed by atoms with E-state index < -0.39 is 17.9 Å². The zero-order valence-electron chi connectivity index (χ0n) is 24.6. The van der Waals surface area contributed by atoms with Crippen molar-refractivity contribution >= 4 is 17.6 Å². The number of carbonyl (C=O) groups is 2. The van der Waals surface area contributed by atoms with Gasteiger partial charge in [0.25, 0.3) is 11.8 Å². The van der Waals surface area contributed by atoms with E-state index >= 15 is 0 Å². The minimum Gasteiger partial charge on any atom is -0.480 e. The number of hydrogen-bond donors (Lipinski definition) is 2. The minimum atomic E-state index is -1.09. The summed E-state index contributed by atoms with van der Waals surface area (Å²) in [5, 5.41) is 16.6. The molecule has 0 bridgehead atoms. The van der Waals surface area contributed by atoms with Crippen LogP contribution in [0.15, 0.2) is 77.3 Å². The van der Waals surface area contributed by atoms with E-state index in [2.05, 4.69) is 60.2 Å². The summed E-state index contributed by atoms with van der Waals surface area (Å²) in [6, 6.07) is 21.7. The van der Waals surface area contributed by atoms with Crippen LogP contribution in [0.2, 0.25) is 0 Å². The highest BCUT2D eigenvalue weighted by Crippen LogP contribution is 2.28. The normalized spacial score (nSPS) is 14.9.